The first-order chi connectivity index (χ1) is 10.7. The number of hydrogen-bond donors (Lipinski definition) is 2. The molecule has 3 N–H and O–H groups in total. The number of pyridine rings is 2. The first-order valence-corrected chi connectivity index (χ1v) is 7.42. The molecule has 1 aliphatic rings. The zero-order valence-corrected chi connectivity index (χ0v) is 12.3. The molecule has 0 unspecified atom stereocenters. The van der Waals surface area contributed by atoms with E-state index in [1.54, 1.807) is 18.3 Å². The van der Waals surface area contributed by atoms with Crippen molar-refractivity contribution >= 4 is 17.5 Å². The molecule has 6 nitrogen and oxygen atoms in total. The van der Waals surface area contributed by atoms with Gasteiger partial charge in [0.25, 0.3) is 5.91 Å². The van der Waals surface area contributed by atoms with Crippen LogP contribution in [0.5, 0.6) is 0 Å². The Labute approximate surface area is 129 Å². The molecule has 1 fully saturated rings. The van der Waals surface area contributed by atoms with Crippen molar-refractivity contribution in [2.75, 3.05) is 23.3 Å². The summed E-state index contributed by atoms with van der Waals surface area (Å²) in [6, 6.07) is 7.40. The van der Waals surface area contributed by atoms with E-state index in [1.165, 1.54) is 12.8 Å². The summed E-state index contributed by atoms with van der Waals surface area (Å²) in [5.41, 5.74) is 6.85. The van der Waals surface area contributed by atoms with E-state index < -0.39 is 5.91 Å². The fourth-order valence-corrected chi connectivity index (χ4v) is 2.62. The summed E-state index contributed by atoms with van der Waals surface area (Å²) in [6.07, 6.45) is 5.90. The van der Waals surface area contributed by atoms with Crippen molar-refractivity contribution in [3.63, 3.8) is 0 Å². The highest BCUT2D eigenvalue weighted by Crippen LogP contribution is 2.19. The predicted octanol–water partition coefficient (Wildman–Crippen LogP) is 1.79. The molecular formula is C16H19N5O. The van der Waals surface area contributed by atoms with Crippen LogP contribution in [0, 0.1) is 0 Å². The van der Waals surface area contributed by atoms with Crippen molar-refractivity contribution in [2.45, 2.75) is 19.4 Å². The van der Waals surface area contributed by atoms with Crippen LogP contribution in [-0.4, -0.2) is 29.0 Å². The summed E-state index contributed by atoms with van der Waals surface area (Å²) in [4.78, 5) is 22.3. The lowest BCUT2D eigenvalue weighted by molar-refractivity contribution is 0.100. The maximum Gasteiger partial charge on any atom is 0.252 e. The predicted molar refractivity (Wildman–Crippen MR) is 85.8 cm³/mol. The Morgan fingerprint density at radius 1 is 1.23 bits per heavy atom. The average Bonchev–Trinajstić information content (AvgIpc) is 3.08. The van der Waals surface area contributed by atoms with Gasteiger partial charge in [-0.25, -0.2) is 9.97 Å². The van der Waals surface area contributed by atoms with Gasteiger partial charge in [0.1, 0.15) is 11.6 Å². The molecule has 2 aromatic rings. The van der Waals surface area contributed by atoms with E-state index in [-0.39, 0.29) is 0 Å². The molecule has 0 aromatic carbocycles. The van der Waals surface area contributed by atoms with Crippen molar-refractivity contribution in [2.24, 2.45) is 5.73 Å². The van der Waals surface area contributed by atoms with Gasteiger partial charge in [-0.05, 0) is 42.7 Å². The van der Waals surface area contributed by atoms with Gasteiger partial charge >= 0.3 is 0 Å². The molecule has 22 heavy (non-hydrogen) atoms. The van der Waals surface area contributed by atoms with Crippen LogP contribution in [0.4, 0.5) is 11.6 Å². The van der Waals surface area contributed by atoms with Crippen molar-refractivity contribution < 1.29 is 4.79 Å². The lowest BCUT2D eigenvalue weighted by Crippen LogP contribution is -2.19. The minimum absolute atomic E-state index is 0.399. The Balaban J connectivity index is 1.71. The summed E-state index contributed by atoms with van der Waals surface area (Å²) in [6.45, 7) is 2.70. The van der Waals surface area contributed by atoms with Crippen molar-refractivity contribution in [3.05, 3.63) is 47.8 Å². The van der Waals surface area contributed by atoms with Gasteiger partial charge in [-0.3, -0.25) is 4.79 Å². The second kappa shape index (κ2) is 6.43. The van der Waals surface area contributed by atoms with Gasteiger partial charge in [-0.1, -0.05) is 0 Å². The fraction of sp³-hybridized carbons (Fsp3) is 0.312. The number of hydrogen-bond acceptors (Lipinski definition) is 5. The quantitative estimate of drug-likeness (QED) is 0.879. The van der Waals surface area contributed by atoms with Crippen molar-refractivity contribution in [3.8, 4) is 0 Å². The lowest BCUT2D eigenvalue weighted by atomic mass is 10.2. The van der Waals surface area contributed by atoms with Gasteiger partial charge in [0.2, 0.25) is 0 Å². The number of carbonyl (C=O) groups is 1. The standard InChI is InChI=1S/C16H19N5O/c17-15(22)13-4-3-6-19-16(13)20-11-12-5-7-18-14(10-12)21-8-1-2-9-21/h3-7,10H,1-2,8-9,11H2,(H2,17,22)(H,19,20). The summed E-state index contributed by atoms with van der Waals surface area (Å²) in [7, 11) is 0. The van der Waals surface area contributed by atoms with E-state index in [4.69, 9.17) is 5.73 Å². The summed E-state index contributed by atoms with van der Waals surface area (Å²) < 4.78 is 0. The zero-order valence-electron chi connectivity index (χ0n) is 12.3. The number of amides is 1. The highest BCUT2D eigenvalue weighted by molar-refractivity contribution is 5.97. The van der Waals surface area contributed by atoms with Crippen LogP contribution in [0.25, 0.3) is 0 Å². The zero-order chi connectivity index (χ0) is 15.4. The fourth-order valence-electron chi connectivity index (χ4n) is 2.62. The number of carbonyl (C=O) groups excluding carboxylic acids is 1. The summed E-state index contributed by atoms with van der Waals surface area (Å²) in [5.74, 6) is 1.03. The molecule has 2 aromatic heterocycles. The van der Waals surface area contributed by atoms with Crippen LogP contribution < -0.4 is 16.0 Å². The van der Waals surface area contributed by atoms with Gasteiger partial charge in [-0.2, -0.15) is 0 Å². The minimum Gasteiger partial charge on any atom is -0.365 e. The Hall–Kier alpha value is -2.63. The molecule has 1 amide bonds. The van der Waals surface area contributed by atoms with Crippen molar-refractivity contribution in [1.82, 2.24) is 9.97 Å². The minimum atomic E-state index is -0.483. The number of primary amides is 1. The van der Waals surface area contributed by atoms with Crippen LogP contribution >= 0.6 is 0 Å². The van der Waals surface area contributed by atoms with E-state index >= 15 is 0 Å². The average molecular weight is 297 g/mol. The molecule has 1 saturated heterocycles. The van der Waals surface area contributed by atoms with Crippen LogP contribution in [0.2, 0.25) is 0 Å². The van der Waals surface area contributed by atoms with Gasteiger partial charge in [0.15, 0.2) is 0 Å². The second-order valence-electron chi connectivity index (χ2n) is 5.33. The van der Waals surface area contributed by atoms with E-state index in [0.717, 1.165) is 24.5 Å². The highest BCUT2D eigenvalue weighted by Gasteiger charge is 2.14. The Bertz CT molecular complexity index is 667. The number of anilines is 2. The Kier molecular flexibility index (Phi) is 4.18. The van der Waals surface area contributed by atoms with Gasteiger partial charge in [0, 0.05) is 32.0 Å². The normalized spacial score (nSPS) is 14.1. The Morgan fingerprint density at radius 2 is 2.05 bits per heavy atom. The molecule has 1 aliphatic heterocycles. The largest absolute Gasteiger partial charge is 0.365 e. The molecule has 0 aliphatic carbocycles. The van der Waals surface area contributed by atoms with E-state index in [0.29, 0.717) is 17.9 Å². The van der Waals surface area contributed by atoms with Crippen LogP contribution in [0.1, 0.15) is 28.8 Å². The molecule has 6 heteroatoms. The van der Waals surface area contributed by atoms with Crippen LogP contribution in [-0.2, 0) is 6.54 Å². The SMILES string of the molecule is NC(=O)c1cccnc1NCc1ccnc(N2CCCC2)c1. The van der Waals surface area contributed by atoms with E-state index in [2.05, 4.69) is 26.3 Å². The van der Waals surface area contributed by atoms with Crippen molar-refractivity contribution in [1.29, 1.82) is 0 Å². The number of aromatic nitrogens is 2. The lowest BCUT2D eigenvalue weighted by Gasteiger charge is -2.17. The molecule has 0 saturated carbocycles. The monoisotopic (exact) mass is 297 g/mol. The number of nitrogens with one attached hydrogen (secondary N) is 1. The Morgan fingerprint density at radius 3 is 2.82 bits per heavy atom. The van der Waals surface area contributed by atoms with Crippen LogP contribution in [0.15, 0.2) is 36.7 Å². The van der Waals surface area contributed by atoms with Gasteiger partial charge in [0.05, 0.1) is 5.56 Å². The summed E-state index contributed by atoms with van der Waals surface area (Å²) in [5, 5.41) is 3.17. The number of nitrogens with two attached hydrogens (primary N) is 1. The number of nitrogens with zero attached hydrogens (tertiary/aromatic N) is 3. The highest BCUT2D eigenvalue weighted by atomic mass is 16.1. The van der Waals surface area contributed by atoms with Crippen LogP contribution in [0.3, 0.4) is 0 Å². The molecule has 0 atom stereocenters. The molecular weight excluding hydrogens is 278 g/mol. The maximum atomic E-state index is 11.4. The topological polar surface area (TPSA) is 84.1 Å². The molecule has 3 heterocycles. The first-order valence-electron chi connectivity index (χ1n) is 7.42. The smallest absolute Gasteiger partial charge is 0.252 e. The summed E-state index contributed by atoms with van der Waals surface area (Å²) >= 11 is 0. The third-order valence-electron chi connectivity index (χ3n) is 3.77. The third kappa shape index (κ3) is 3.16. The van der Waals surface area contributed by atoms with Gasteiger partial charge in [-0.15, -0.1) is 0 Å². The maximum absolute atomic E-state index is 11.4. The van der Waals surface area contributed by atoms with E-state index in [9.17, 15) is 4.79 Å². The molecule has 3 rings (SSSR count). The first kappa shape index (κ1) is 14.3. The van der Waals surface area contributed by atoms with E-state index in [1.807, 2.05) is 12.3 Å². The molecule has 0 radical (unpaired) electrons. The molecule has 0 bridgehead atoms. The van der Waals surface area contributed by atoms with Gasteiger partial charge < -0.3 is 16.0 Å². The third-order valence-corrected chi connectivity index (χ3v) is 3.77. The number of rotatable bonds is 5. The second-order valence-corrected chi connectivity index (χ2v) is 5.33. The molecule has 114 valence electrons. The molecule has 0 spiro atoms.